The van der Waals surface area contributed by atoms with E-state index in [-0.39, 0.29) is 25.5 Å². The quantitative estimate of drug-likeness (QED) is 0.812. The van der Waals surface area contributed by atoms with E-state index in [4.69, 9.17) is 14.6 Å². The van der Waals surface area contributed by atoms with Gasteiger partial charge in [0.05, 0.1) is 32.3 Å². The van der Waals surface area contributed by atoms with Crippen molar-refractivity contribution in [1.82, 2.24) is 5.32 Å². The van der Waals surface area contributed by atoms with Crippen LogP contribution in [0.3, 0.4) is 0 Å². The number of rotatable bonds is 6. The SMILES string of the molecule is CCOc1ccc(CC(=O)NC2COCC2C(=O)O)cc1. The van der Waals surface area contributed by atoms with E-state index < -0.39 is 17.9 Å². The lowest BCUT2D eigenvalue weighted by molar-refractivity contribution is -0.142. The van der Waals surface area contributed by atoms with Crippen molar-refractivity contribution < 1.29 is 24.2 Å². The first-order chi connectivity index (χ1) is 10.1. The van der Waals surface area contributed by atoms with Gasteiger partial charge in [0, 0.05) is 0 Å². The molecule has 2 rings (SSSR count). The van der Waals surface area contributed by atoms with Crippen LogP contribution in [0.15, 0.2) is 24.3 Å². The van der Waals surface area contributed by atoms with Gasteiger partial charge in [0.1, 0.15) is 11.7 Å². The van der Waals surface area contributed by atoms with E-state index in [1.807, 2.05) is 31.2 Å². The molecular formula is C15H19NO5. The number of amides is 1. The van der Waals surface area contributed by atoms with Crippen LogP contribution in [0.4, 0.5) is 0 Å². The molecule has 1 aromatic carbocycles. The zero-order valence-electron chi connectivity index (χ0n) is 11.9. The minimum absolute atomic E-state index is 0.142. The molecule has 1 amide bonds. The summed E-state index contributed by atoms with van der Waals surface area (Å²) in [5.74, 6) is -1.06. The van der Waals surface area contributed by atoms with Crippen molar-refractivity contribution >= 4 is 11.9 Å². The highest BCUT2D eigenvalue weighted by atomic mass is 16.5. The lowest BCUT2D eigenvalue weighted by atomic mass is 10.0. The monoisotopic (exact) mass is 293 g/mol. The van der Waals surface area contributed by atoms with Crippen LogP contribution in [0, 0.1) is 5.92 Å². The Hall–Kier alpha value is -2.08. The van der Waals surface area contributed by atoms with Gasteiger partial charge in [-0.15, -0.1) is 0 Å². The van der Waals surface area contributed by atoms with Crippen LogP contribution >= 0.6 is 0 Å². The molecule has 2 N–H and O–H groups in total. The molecule has 6 nitrogen and oxygen atoms in total. The third kappa shape index (κ3) is 4.19. The van der Waals surface area contributed by atoms with Crippen LogP contribution in [0.1, 0.15) is 12.5 Å². The maximum Gasteiger partial charge on any atom is 0.311 e. The van der Waals surface area contributed by atoms with Gasteiger partial charge in [0.15, 0.2) is 0 Å². The summed E-state index contributed by atoms with van der Waals surface area (Å²) in [5, 5.41) is 11.7. The number of aliphatic carboxylic acids is 1. The average molecular weight is 293 g/mol. The predicted molar refractivity (Wildman–Crippen MR) is 75.2 cm³/mol. The van der Waals surface area contributed by atoms with Gasteiger partial charge in [0.25, 0.3) is 0 Å². The minimum atomic E-state index is -0.945. The van der Waals surface area contributed by atoms with Crippen molar-refractivity contribution in [2.75, 3.05) is 19.8 Å². The molecule has 1 fully saturated rings. The number of hydrogen-bond donors (Lipinski definition) is 2. The van der Waals surface area contributed by atoms with E-state index in [0.29, 0.717) is 6.61 Å². The van der Waals surface area contributed by atoms with Crippen molar-refractivity contribution in [1.29, 1.82) is 0 Å². The maximum atomic E-state index is 12.0. The normalized spacial score (nSPS) is 21.0. The molecule has 0 radical (unpaired) electrons. The van der Waals surface area contributed by atoms with Crippen LogP contribution in [0.2, 0.25) is 0 Å². The highest BCUT2D eigenvalue weighted by Crippen LogP contribution is 2.15. The van der Waals surface area contributed by atoms with Gasteiger partial charge in [-0.05, 0) is 24.6 Å². The smallest absolute Gasteiger partial charge is 0.311 e. The maximum absolute atomic E-state index is 12.0. The average Bonchev–Trinajstić information content (AvgIpc) is 2.89. The van der Waals surface area contributed by atoms with Crippen molar-refractivity contribution in [3.8, 4) is 5.75 Å². The Morgan fingerprint density at radius 1 is 1.33 bits per heavy atom. The zero-order chi connectivity index (χ0) is 15.2. The van der Waals surface area contributed by atoms with Gasteiger partial charge < -0.3 is 19.9 Å². The number of ether oxygens (including phenoxy) is 2. The van der Waals surface area contributed by atoms with E-state index in [1.165, 1.54) is 0 Å². The highest BCUT2D eigenvalue weighted by Gasteiger charge is 2.34. The Bertz CT molecular complexity index is 499. The van der Waals surface area contributed by atoms with E-state index in [9.17, 15) is 9.59 Å². The van der Waals surface area contributed by atoms with Crippen LogP contribution in [-0.2, 0) is 20.7 Å². The van der Waals surface area contributed by atoms with Crippen molar-refractivity contribution in [2.24, 2.45) is 5.92 Å². The zero-order valence-corrected chi connectivity index (χ0v) is 11.9. The Morgan fingerprint density at radius 2 is 2.05 bits per heavy atom. The second-order valence-corrected chi connectivity index (χ2v) is 4.91. The third-order valence-electron chi connectivity index (χ3n) is 3.34. The van der Waals surface area contributed by atoms with E-state index in [1.54, 1.807) is 0 Å². The Morgan fingerprint density at radius 3 is 2.67 bits per heavy atom. The molecule has 2 unspecified atom stereocenters. The van der Waals surface area contributed by atoms with E-state index in [2.05, 4.69) is 5.32 Å². The van der Waals surface area contributed by atoms with Crippen molar-refractivity contribution in [3.05, 3.63) is 29.8 Å². The largest absolute Gasteiger partial charge is 0.494 e. The number of nitrogens with one attached hydrogen (secondary N) is 1. The molecule has 0 spiro atoms. The molecule has 0 bridgehead atoms. The lowest BCUT2D eigenvalue weighted by Crippen LogP contribution is -2.43. The number of carbonyl (C=O) groups is 2. The predicted octanol–water partition coefficient (Wildman–Crippen LogP) is 0.844. The molecular weight excluding hydrogens is 274 g/mol. The fourth-order valence-electron chi connectivity index (χ4n) is 2.25. The Kier molecular flexibility index (Phi) is 5.16. The molecule has 1 aliphatic heterocycles. The Balaban J connectivity index is 1.88. The number of carbonyl (C=O) groups excluding carboxylic acids is 1. The molecule has 0 aromatic heterocycles. The van der Waals surface area contributed by atoms with Crippen molar-refractivity contribution in [2.45, 2.75) is 19.4 Å². The molecule has 1 heterocycles. The molecule has 1 saturated heterocycles. The summed E-state index contributed by atoms with van der Waals surface area (Å²) in [4.78, 5) is 23.0. The molecule has 114 valence electrons. The van der Waals surface area contributed by atoms with Crippen LogP contribution in [-0.4, -0.2) is 42.8 Å². The summed E-state index contributed by atoms with van der Waals surface area (Å²) in [6, 6.07) is 6.81. The topological polar surface area (TPSA) is 84.9 Å². The molecule has 21 heavy (non-hydrogen) atoms. The molecule has 1 aliphatic rings. The molecule has 1 aromatic rings. The fraction of sp³-hybridized carbons (Fsp3) is 0.467. The van der Waals surface area contributed by atoms with Gasteiger partial charge in [-0.25, -0.2) is 0 Å². The molecule has 0 aliphatic carbocycles. The van der Waals surface area contributed by atoms with Crippen LogP contribution in [0.25, 0.3) is 0 Å². The summed E-state index contributed by atoms with van der Waals surface area (Å²) in [6.07, 6.45) is 0.204. The van der Waals surface area contributed by atoms with Gasteiger partial charge in [-0.2, -0.15) is 0 Å². The second kappa shape index (κ2) is 7.08. The Labute approximate surface area is 123 Å². The second-order valence-electron chi connectivity index (χ2n) is 4.91. The highest BCUT2D eigenvalue weighted by molar-refractivity contribution is 5.80. The number of benzene rings is 1. The van der Waals surface area contributed by atoms with E-state index in [0.717, 1.165) is 11.3 Å². The summed E-state index contributed by atoms with van der Waals surface area (Å²) in [6.45, 7) is 2.89. The molecule has 2 atom stereocenters. The number of carboxylic acid groups (broad SMARTS) is 1. The third-order valence-corrected chi connectivity index (χ3v) is 3.34. The summed E-state index contributed by atoms with van der Waals surface area (Å²) >= 11 is 0. The number of carboxylic acids is 1. The first-order valence-electron chi connectivity index (χ1n) is 6.91. The van der Waals surface area contributed by atoms with E-state index >= 15 is 0 Å². The van der Waals surface area contributed by atoms with Gasteiger partial charge in [0.2, 0.25) is 5.91 Å². The van der Waals surface area contributed by atoms with Gasteiger partial charge in [-0.3, -0.25) is 9.59 Å². The number of hydrogen-bond acceptors (Lipinski definition) is 4. The van der Waals surface area contributed by atoms with Crippen molar-refractivity contribution in [3.63, 3.8) is 0 Å². The first kappa shape index (κ1) is 15.3. The lowest BCUT2D eigenvalue weighted by Gasteiger charge is -2.15. The van der Waals surface area contributed by atoms with Gasteiger partial charge in [-0.1, -0.05) is 12.1 Å². The van der Waals surface area contributed by atoms with Gasteiger partial charge >= 0.3 is 5.97 Å². The van der Waals surface area contributed by atoms with Crippen LogP contribution < -0.4 is 10.1 Å². The van der Waals surface area contributed by atoms with Crippen LogP contribution in [0.5, 0.6) is 5.75 Å². The summed E-state index contributed by atoms with van der Waals surface area (Å²) < 4.78 is 10.4. The minimum Gasteiger partial charge on any atom is -0.494 e. The molecule has 6 heteroatoms. The molecule has 0 saturated carbocycles. The summed E-state index contributed by atoms with van der Waals surface area (Å²) in [5.41, 5.74) is 0.849. The standard InChI is InChI=1S/C15H19NO5/c1-2-21-11-5-3-10(4-6-11)7-14(17)16-13-9-20-8-12(13)15(18)19/h3-6,12-13H,2,7-9H2,1H3,(H,16,17)(H,18,19). The first-order valence-corrected chi connectivity index (χ1v) is 6.91. The fourth-order valence-corrected chi connectivity index (χ4v) is 2.25. The summed E-state index contributed by atoms with van der Waals surface area (Å²) in [7, 11) is 0.